The second-order valence-electron chi connectivity index (χ2n) is 7.49. The monoisotopic (exact) mass is 350 g/mol. The van der Waals surface area contributed by atoms with Gasteiger partial charge < -0.3 is 15.1 Å². The normalized spacial score (nSPS) is 22.2. The zero-order valence-corrected chi connectivity index (χ0v) is 15.5. The number of pyridine rings is 1. The number of aromatic nitrogens is 1. The third-order valence-corrected chi connectivity index (χ3v) is 5.59. The van der Waals surface area contributed by atoms with E-state index in [1.807, 2.05) is 26.4 Å². The fraction of sp³-hybridized carbons (Fsp3) is 0.429. The van der Waals surface area contributed by atoms with Gasteiger partial charge in [0.2, 0.25) is 0 Å². The summed E-state index contributed by atoms with van der Waals surface area (Å²) in [5, 5.41) is 3.45. The van der Waals surface area contributed by atoms with Crippen LogP contribution in [0.3, 0.4) is 0 Å². The Kier molecular flexibility index (Phi) is 4.64. The highest BCUT2D eigenvalue weighted by Gasteiger charge is 2.38. The van der Waals surface area contributed by atoms with E-state index in [4.69, 9.17) is 0 Å². The predicted octanol–water partition coefficient (Wildman–Crippen LogP) is 2.78. The van der Waals surface area contributed by atoms with Crippen LogP contribution in [-0.4, -0.2) is 55.1 Å². The molecule has 1 aromatic heterocycles. The molecule has 2 unspecified atom stereocenters. The molecule has 2 aliphatic heterocycles. The van der Waals surface area contributed by atoms with Gasteiger partial charge in [-0.15, -0.1) is 0 Å². The molecule has 2 bridgehead atoms. The minimum atomic E-state index is 0.125. The molecule has 0 spiro atoms. The van der Waals surface area contributed by atoms with E-state index in [2.05, 4.69) is 44.4 Å². The van der Waals surface area contributed by atoms with E-state index in [-0.39, 0.29) is 5.91 Å². The molecule has 2 fully saturated rings. The largest absolute Gasteiger partial charge is 0.378 e. The van der Waals surface area contributed by atoms with Crippen molar-refractivity contribution >= 4 is 11.6 Å². The van der Waals surface area contributed by atoms with Gasteiger partial charge in [0.25, 0.3) is 5.91 Å². The molecule has 2 atom stereocenters. The van der Waals surface area contributed by atoms with Crippen molar-refractivity contribution in [2.45, 2.75) is 31.3 Å². The lowest BCUT2D eigenvalue weighted by Crippen LogP contribution is -2.42. The average molecular weight is 350 g/mol. The predicted molar refractivity (Wildman–Crippen MR) is 104 cm³/mol. The number of nitrogens with one attached hydrogen (secondary N) is 1. The number of hydrogen-bond donors (Lipinski definition) is 1. The molecule has 0 radical (unpaired) electrons. The number of benzene rings is 1. The maximum Gasteiger partial charge on any atom is 0.255 e. The molecule has 5 nitrogen and oxygen atoms in total. The number of nitrogens with zero attached hydrogens (tertiary/aromatic N) is 3. The lowest BCUT2D eigenvalue weighted by atomic mass is 10.0. The van der Waals surface area contributed by atoms with Gasteiger partial charge in [-0.2, -0.15) is 0 Å². The molecule has 2 aliphatic rings. The van der Waals surface area contributed by atoms with Crippen molar-refractivity contribution in [2.75, 3.05) is 32.1 Å². The molecule has 2 saturated heterocycles. The van der Waals surface area contributed by atoms with Crippen LogP contribution in [0, 0.1) is 0 Å². The Hall–Kier alpha value is -2.40. The van der Waals surface area contributed by atoms with Crippen molar-refractivity contribution in [3.8, 4) is 11.1 Å². The van der Waals surface area contributed by atoms with Crippen LogP contribution in [0.2, 0.25) is 0 Å². The second kappa shape index (κ2) is 7.08. The summed E-state index contributed by atoms with van der Waals surface area (Å²) in [4.78, 5) is 21.7. The van der Waals surface area contributed by atoms with Crippen molar-refractivity contribution < 1.29 is 4.79 Å². The fourth-order valence-electron chi connectivity index (χ4n) is 4.13. The zero-order valence-electron chi connectivity index (χ0n) is 15.5. The molecule has 1 amide bonds. The molecule has 0 aliphatic carbocycles. The third kappa shape index (κ3) is 3.19. The van der Waals surface area contributed by atoms with E-state index < -0.39 is 0 Å². The van der Waals surface area contributed by atoms with Crippen LogP contribution in [-0.2, 0) is 0 Å². The number of hydrogen-bond acceptors (Lipinski definition) is 4. The average Bonchev–Trinajstić information content (AvgIpc) is 2.94. The summed E-state index contributed by atoms with van der Waals surface area (Å²) in [6, 6.07) is 11.0. The topological polar surface area (TPSA) is 48.5 Å². The number of anilines is 1. The van der Waals surface area contributed by atoms with E-state index >= 15 is 0 Å². The first kappa shape index (κ1) is 17.0. The van der Waals surface area contributed by atoms with E-state index in [1.54, 1.807) is 6.20 Å². The first-order valence-corrected chi connectivity index (χ1v) is 9.39. The lowest BCUT2D eigenvalue weighted by molar-refractivity contribution is 0.0680. The van der Waals surface area contributed by atoms with Gasteiger partial charge in [0, 0.05) is 56.4 Å². The van der Waals surface area contributed by atoms with Crippen LogP contribution in [0.15, 0.2) is 42.7 Å². The van der Waals surface area contributed by atoms with Gasteiger partial charge in [-0.25, -0.2) is 0 Å². The number of carbonyl (C=O) groups excluding carboxylic acids is 1. The van der Waals surface area contributed by atoms with E-state index in [1.165, 1.54) is 0 Å². The van der Waals surface area contributed by atoms with Gasteiger partial charge in [0.1, 0.15) is 0 Å². The first-order valence-electron chi connectivity index (χ1n) is 9.39. The minimum absolute atomic E-state index is 0.125. The van der Waals surface area contributed by atoms with Crippen molar-refractivity contribution in [1.29, 1.82) is 0 Å². The first-order chi connectivity index (χ1) is 12.6. The van der Waals surface area contributed by atoms with Gasteiger partial charge in [0.15, 0.2) is 0 Å². The molecule has 3 heterocycles. The van der Waals surface area contributed by atoms with E-state index in [9.17, 15) is 4.79 Å². The highest BCUT2D eigenvalue weighted by molar-refractivity contribution is 5.95. The molecule has 0 saturated carbocycles. The van der Waals surface area contributed by atoms with Crippen LogP contribution in [0.4, 0.5) is 5.69 Å². The lowest BCUT2D eigenvalue weighted by Gasteiger charge is -2.28. The number of rotatable bonds is 3. The van der Waals surface area contributed by atoms with Crippen molar-refractivity contribution in [3.05, 3.63) is 48.3 Å². The van der Waals surface area contributed by atoms with Crippen LogP contribution >= 0.6 is 0 Å². The highest BCUT2D eigenvalue weighted by atomic mass is 16.2. The van der Waals surface area contributed by atoms with Crippen LogP contribution in [0.25, 0.3) is 11.1 Å². The summed E-state index contributed by atoms with van der Waals surface area (Å²) in [6.07, 6.45) is 6.80. The molecule has 2 aromatic rings. The van der Waals surface area contributed by atoms with E-state index in [0.29, 0.717) is 17.6 Å². The summed E-state index contributed by atoms with van der Waals surface area (Å²) >= 11 is 0. The smallest absolute Gasteiger partial charge is 0.255 e. The second-order valence-corrected chi connectivity index (χ2v) is 7.49. The Morgan fingerprint density at radius 1 is 1.08 bits per heavy atom. The maximum absolute atomic E-state index is 13.2. The highest BCUT2D eigenvalue weighted by Crippen LogP contribution is 2.30. The minimum Gasteiger partial charge on any atom is -0.378 e. The van der Waals surface area contributed by atoms with Crippen molar-refractivity contribution in [2.24, 2.45) is 0 Å². The Labute approximate surface area is 155 Å². The summed E-state index contributed by atoms with van der Waals surface area (Å²) in [5.41, 5.74) is 3.92. The molecular weight excluding hydrogens is 324 g/mol. The van der Waals surface area contributed by atoms with Gasteiger partial charge in [-0.3, -0.25) is 9.78 Å². The Balaban J connectivity index is 1.60. The maximum atomic E-state index is 13.2. The molecule has 26 heavy (non-hydrogen) atoms. The van der Waals surface area contributed by atoms with Gasteiger partial charge >= 0.3 is 0 Å². The summed E-state index contributed by atoms with van der Waals surface area (Å²) in [6.45, 7) is 1.91. The number of amides is 1. The number of carbonyl (C=O) groups is 1. The van der Waals surface area contributed by atoms with Crippen LogP contribution in [0.5, 0.6) is 0 Å². The standard InChI is InChI=1S/C21H26N4O/c1-24(2)18-5-3-15(4-6-18)16-11-17(13-23-12-16)21(26)25-19-7-8-20(25)14-22-10-9-19/h3-6,11-13,19-20,22H,7-10,14H2,1-2H3. The Bertz CT molecular complexity index is 773. The fourth-order valence-corrected chi connectivity index (χ4v) is 4.13. The van der Waals surface area contributed by atoms with Crippen LogP contribution in [0.1, 0.15) is 29.6 Å². The Morgan fingerprint density at radius 3 is 2.62 bits per heavy atom. The molecule has 1 aromatic carbocycles. The van der Waals surface area contributed by atoms with Crippen LogP contribution < -0.4 is 10.2 Å². The SMILES string of the molecule is CN(C)c1ccc(-c2cncc(C(=O)N3C4CCNCC3CC4)c2)cc1. The van der Waals surface area contributed by atoms with Crippen molar-refractivity contribution in [3.63, 3.8) is 0 Å². The molecule has 136 valence electrons. The zero-order chi connectivity index (χ0) is 18.1. The third-order valence-electron chi connectivity index (χ3n) is 5.59. The van der Waals surface area contributed by atoms with Crippen molar-refractivity contribution in [1.82, 2.24) is 15.2 Å². The Morgan fingerprint density at radius 2 is 1.85 bits per heavy atom. The molecule has 5 heteroatoms. The summed E-state index contributed by atoms with van der Waals surface area (Å²) < 4.78 is 0. The van der Waals surface area contributed by atoms with Gasteiger partial charge in [-0.1, -0.05) is 12.1 Å². The quantitative estimate of drug-likeness (QED) is 0.925. The number of fused-ring (bicyclic) bond motifs is 2. The molecule has 1 N–H and O–H groups in total. The summed E-state index contributed by atoms with van der Waals surface area (Å²) in [7, 11) is 4.06. The summed E-state index contributed by atoms with van der Waals surface area (Å²) in [5.74, 6) is 0.125. The van der Waals surface area contributed by atoms with Gasteiger partial charge in [-0.05, 0) is 49.6 Å². The molecular formula is C21H26N4O. The molecule has 4 rings (SSSR count). The van der Waals surface area contributed by atoms with E-state index in [0.717, 1.165) is 49.2 Å². The van der Waals surface area contributed by atoms with Gasteiger partial charge in [0.05, 0.1) is 5.56 Å².